The average molecular weight is 723 g/mol. The molecule has 0 amide bonds. The Balaban J connectivity index is 1.37. The first kappa shape index (κ1) is 34.1. The standard InChI is InChI=1S/C36H35Cl3FN7S/c1-36(2,3)47-10-8-22(9-11-47)43-18-31(42)35(27-19-48-32-7-4-21(37)12-25(27)32)46-24-13-26-33(45-23-5-6-30(40)28(38)14-23)20(16-41)17-44-34(26)29(39)15-24/h4-7,12-15,17-19,22,35,43,46H,8-11,42H2,1-3H3,(H,44,45)/b31-18-/t35-/m0/s1. The lowest BCUT2D eigenvalue weighted by atomic mass is 9.98. The zero-order valence-corrected chi connectivity index (χ0v) is 29.8. The molecule has 1 fully saturated rings. The number of benzene rings is 3. The molecule has 0 radical (unpaired) electrons. The molecule has 2 aromatic heterocycles. The fraction of sp³-hybridized carbons (Fsp3) is 0.278. The number of likely N-dealkylation sites (tertiary alicyclic amines) is 1. The molecule has 7 nitrogen and oxygen atoms in total. The topological polar surface area (TPSA) is 102 Å². The van der Waals surface area contributed by atoms with E-state index in [2.05, 4.69) is 58.1 Å². The molecule has 6 rings (SSSR count). The average Bonchev–Trinajstić information content (AvgIpc) is 3.47. The number of halogens is 4. The van der Waals surface area contributed by atoms with Crippen molar-refractivity contribution in [1.82, 2.24) is 15.2 Å². The van der Waals surface area contributed by atoms with Crippen LogP contribution in [0.25, 0.3) is 21.0 Å². The van der Waals surface area contributed by atoms with Crippen LogP contribution in [0.2, 0.25) is 15.1 Å². The maximum Gasteiger partial charge on any atom is 0.141 e. The van der Waals surface area contributed by atoms with Gasteiger partial charge in [0.1, 0.15) is 11.9 Å². The van der Waals surface area contributed by atoms with Gasteiger partial charge < -0.3 is 21.7 Å². The predicted molar refractivity (Wildman–Crippen MR) is 199 cm³/mol. The minimum Gasteiger partial charge on any atom is -0.399 e. The lowest BCUT2D eigenvalue weighted by Gasteiger charge is -2.41. The molecule has 1 aliphatic heterocycles. The van der Waals surface area contributed by atoms with Gasteiger partial charge in [-0.25, -0.2) is 4.39 Å². The number of rotatable bonds is 8. The predicted octanol–water partition coefficient (Wildman–Crippen LogP) is 9.97. The smallest absolute Gasteiger partial charge is 0.141 e. The summed E-state index contributed by atoms with van der Waals surface area (Å²) in [5.74, 6) is -0.541. The number of thiophene rings is 1. The Kier molecular flexibility index (Phi) is 9.93. The van der Waals surface area contributed by atoms with E-state index in [0.29, 0.717) is 49.7 Å². The van der Waals surface area contributed by atoms with Crippen molar-refractivity contribution in [3.05, 3.63) is 104 Å². The van der Waals surface area contributed by atoms with Crippen LogP contribution in [0.3, 0.4) is 0 Å². The van der Waals surface area contributed by atoms with E-state index in [-0.39, 0.29) is 16.1 Å². The lowest BCUT2D eigenvalue weighted by Crippen LogP contribution is -2.49. The highest BCUT2D eigenvalue weighted by molar-refractivity contribution is 7.17. The van der Waals surface area contributed by atoms with Crippen molar-refractivity contribution in [3.8, 4) is 6.07 Å². The second-order valence-electron chi connectivity index (χ2n) is 12.9. The van der Waals surface area contributed by atoms with E-state index in [9.17, 15) is 9.65 Å². The van der Waals surface area contributed by atoms with Gasteiger partial charge in [-0.05, 0) is 98.5 Å². The Bertz CT molecular complexity index is 2060. The van der Waals surface area contributed by atoms with Gasteiger partial charge in [0.15, 0.2) is 0 Å². The molecule has 1 aliphatic rings. The van der Waals surface area contributed by atoms with Gasteiger partial charge in [-0.1, -0.05) is 34.8 Å². The van der Waals surface area contributed by atoms with Gasteiger partial charge in [-0.2, -0.15) is 5.26 Å². The van der Waals surface area contributed by atoms with Gasteiger partial charge in [0.25, 0.3) is 0 Å². The monoisotopic (exact) mass is 721 g/mol. The Morgan fingerprint density at radius 2 is 1.81 bits per heavy atom. The molecule has 0 unspecified atom stereocenters. The SMILES string of the molecule is CC(C)(C)N1CCC(N/C=C(\N)[C@@H](Nc2cc(Cl)c3ncc(C#N)c(Nc4ccc(F)c(Cl)c4)c3c2)c2csc3ccc(Cl)cc23)CC1. The first-order valence-electron chi connectivity index (χ1n) is 15.6. The van der Waals surface area contributed by atoms with Crippen LogP contribution in [0, 0.1) is 17.1 Å². The largest absolute Gasteiger partial charge is 0.399 e. The molecule has 1 atom stereocenters. The number of fused-ring (bicyclic) bond motifs is 2. The number of pyridine rings is 1. The number of aromatic nitrogens is 1. The molecule has 3 aromatic carbocycles. The van der Waals surface area contributed by atoms with E-state index in [1.54, 1.807) is 23.5 Å². The second kappa shape index (κ2) is 14.0. The first-order chi connectivity index (χ1) is 22.9. The summed E-state index contributed by atoms with van der Waals surface area (Å²) in [6.07, 6.45) is 5.39. The maximum absolute atomic E-state index is 13.9. The third kappa shape index (κ3) is 7.29. The van der Waals surface area contributed by atoms with Crippen molar-refractivity contribution in [3.63, 3.8) is 0 Å². The third-order valence-corrected chi connectivity index (χ3v) is 10.5. The van der Waals surface area contributed by atoms with Gasteiger partial charge >= 0.3 is 0 Å². The highest BCUT2D eigenvalue weighted by atomic mass is 35.5. The van der Waals surface area contributed by atoms with Crippen LogP contribution < -0.4 is 21.7 Å². The van der Waals surface area contributed by atoms with Crippen molar-refractivity contribution in [2.75, 3.05) is 23.7 Å². The summed E-state index contributed by atoms with van der Waals surface area (Å²) < 4.78 is 15.0. The molecule has 0 spiro atoms. The van der Waals surface area contributed by atoms with Crippen LogP contribution in [-0.2, 0) is 0 Å². The number of nitrogens with one attached hydrogen (secondary N) is 3. The fourth-order valence-electron chi connectivity index (χ4n) is 6.05. The number of nitrogens with zero attached hydrogens (tertiary/aromatic N) is 3. The highest BCUT2D eigenvalue weighted by Crippen LogP contribution is 2.39. The first-order valence-corrected chi connectivity index (χ1v) is 17.6. The van der Waals surface area contributed by atoms with E-state index >= 15 is 0 Å². The van der Waals surface area contributed by atoms with Crippen molar-refractivity contribution in [1.29, 1.82) is 5.26 Å². The summed E-state index contributed by atoms with van der Waals surface area (Å²) in [5, 5.41) is 25.0. The molecule has 0 bridgehead atoms. The van der Waals surface area contributed by atoms with Gasteiger partial charge in [-0.3, -0.25) is 9.88 Å². The quantitative estimate of drug-likeness (QED) is 0.126. The number of nitrogens with two attached hydrogens (primary N) is 1. The van der Waals surface area contributed by atoms with Crippen molar-refractivity contribution < 1.29 is 4.39 Å². The summed E-state index contributed by atoms with van der Waals surface area (Å²) >= 11 is 20.9. The van der Waals surface area contributed by atoms with Gasteiger partial charge in [-0.15, -0.1) is 11.3 Å². The van der Waals surface area contributed by atoms with Crippen molar-refractivity contribution in [2.24, 2.45) is 5.73 Å². The molecular weight excluding hydrogens is 688 g/mol. The second-order valence-corrected chi connectivity index (χ2v) is 15.1. The molecular formula is C36H35Cl3FN7S. The summed E-state index contributed by atoms with van der Waals surface area (Å²) in [6.45, 7) is 8.78. The number of nitriles is 1. The molecule has 1 saturated heterocycles. The number of piperidine rings is 1. The van der Waals surface area contributed by atoms with Gasteiger partial charge in [0.05, 0.1) is 38.6 Å². The molecule has 0 aliphatic carbocycles. The zero-order chi connectivity index (χ0) is 34.2. The highest BCUT2D eigenvalue weighted by Gasteiger charge is 2.27. The molecule has 5 N–H and O–H groups in total. The number of hydrogen-bond donors (Lipinski definition) is 4. The van der Waals surface area contributed by atoms with E-state index in [4.69, 9.17) is 40.5 Å². The summed E-state index contributed by atoms with van der Waals surface area (Å²) in [6, 6.07) is 15.8. The van der Waals surface area contributed by atoms with Crippen molar-refractivity contribution in [2.45, 2.75) is 51.2 Å². The Hall–Kier alpha value is -3.78. The summed E-state index contributed by atoms with van der Waals surface area (Å²) in [5.41, 5.74) is 11.0. The van der Waals surface area contributed by atoms with Crippen LogP contribution in [0.15, 0.2) is 72.0 Å². The Morgan fingerprint density at radius 1 is 1.06 bits per heavy atom. The molecule has 0 saturated carbocycles. The zero-order valence-electron chi connectivity index (χ0n) is 26.7. The van der Waals surface area contributed by atoms with E-state index < -0.39 is 11.9 Å². The minimum absolute atomic E-state index is 0.0428. The normalized spacial score (nSPS) is 15.4. The fourth-order valence-corrected chi connectivity index (χ4v) is 7.63. The number of hydrogen-bond acceptors (Lipinski definition) is 8. The number of anilines is 3. The van der Waals surface area contributed by atoms with Crippen LogP contribution in [0.5, 0.6) is 0 Å². The van der Waals surface area contributed by atoms with Crippen LogP contribution in [0.4, 0.5) is 21.5 Å². The van der Waals surface area contributed by atoms with Gasteiger partial charge in [0.2, 0.25) is 0 Å². The molecule has 12 heteroatoms. The Morgan fingerprint density at radius 3 is 2.52 bits per heavy atom. The molecule has 5 aromatic rings. The van der Waals surface area contributed by atoms with Crippen LogP contribution in [-0.4, -0.2) is 34.6 Å². The summed E-state index contributed by atoms with van der Waals surface area (Å²) in [4.78, 5) is 6.98. The lowest BCUT2D eigenvalue weighted by molar-refractivity contribution is 0.0988. The molecule has 248 valence electrons. The molecule has 48 heavy (non-hydrogen) atoms. The maximum atomic E-state index is 13.9. The minimum atomic E-state index is -0.541. The van der Waals surface area contributed by atoms with E-state index in [0.717, 1.165) is 41.6 Å². The van der Waals surface area contributed by atoms with Gasteiger partial charge in [0, 0.05) is 63.6 Å². The van der Waals surface area contributed by atoms with Crippen LogP contribution in [0.1, 0.15) is 50.8 Å². The third-order valence-electron chi connectivity index (χ3n) is 8.68. The van der Waals surface area contributed by atoms with E-state index in [1.165, 1.54) is 18.3 Å². The van der Waals surface area contributed by atoms with Crippen molar-refractivity contribution >= 4 is 84.2 Å². The molecule has 3 heterocycles. The van der Waals surface area contributed by atoms with E-state index in [1.807, 2.05) is 30.5 Å². The van der Waals surface area contributed by atoms with Crippen LogP contribution >= 0.6 is 46.1 Å². The Labute approximate surface area is 298 Å². The summed E-state index contributed by atoms with van der Waals surface area (Å²) in [7, 11) is 0.